The van der Waals surface area contributed by atoms with E-state index in [4.69, 9.17) is 10.5 Å². The first kappa shape index (κ1) is 25.8. The highest BCUT2D eigenvalue weighted by molar-refractivity contribution is 5.90. The maximum Gasteiger partial charge on any atom is 0.414 e. The molecule has 10 heteroatoms. The molecule has 1 fully saturated rings. The molecule has 0 aliphatic carbocycles. The number of ether oxygens (including phenoxy) is 1. The minimum Gasteiger partial charge on any atom is -0.442 e. The number of hydrogen-bond donors (Lipinski definition) is 3. The van der Waals surface area contributed by atoms with Gasteiger partial charge in [0.1, 0.15) is 23.8 Å². The van der Waals surface area contributed by atoms with E-state index in [-0.39, 0.29) is 25.5 Å². The Morgan fingerprint density at radius 2 is 1.76 bits per heavy atom. The molecule has 4 rings (SSSR count). The van der Waals surface area contributed by atoms with Gasteiger partial charge in [0.15, 0.2) is 0 Å². The molecule has 192 valence electrons. The molecule has 0 radical (unpaired) electrons. The molecule has 1 heterocycles. The molecular formula is C27H26F2N4O4. The Balaban J connectivity index is 1.36. The molecule has 0 saturated carbocycles. The number of hydrogen-bond acceptors (Lipinski definition) is 5. The lowest BCUT2D eigenvalue weighted by Gasteiger charge is -2.15. The van der Waals surface area contributed by atoms with Crippen LogP contribution in [-0.2, 0) is 20.9 Å². The molecule has 0 aromatic heterocycles. The molecule has 8 nitrogen and oxygen atoms in total. The van der Waals surface area contributed by atoms with Crippen molar-refractivity contribution in [3.8, 4) is 11.1 Å². The second-order valence-corrected chi connectivity index (χ2v) is 8.66. The van der Waals surface area contributed by atoms with Gasteiger partial charge in [-0.25, -0.2) is 13.6 Å². The summed E-state index contributed by atoms with van der Waals surface area (Å²) in [7, 11) is 0. The minimum absolute atomic E-state index is 0.184. The third-order valence-electron chi connectivity index (χ3n) is 5.96. The number of nitrogens with one attached hydrogen (secondary N) is 2. The fraction of sp³-hybridized carbons (Fsp3) is 0.222. The van der Waals surface area contributed by atoms with Gasteiger partial charge in [-0.15, -0.1) is 0 Å². The van der Waals surface area contributed by atoms with Crippen LogP contribution in [0.3, 0.4) is 0 Å². The van der Waals surface area contributed by atoms with E-state index in [1.807, 2.05) is 0 Å². The van der Waals surface area contributed by atoms with E-state index >= 15 is 0 Å². The van der Waals surface area contributed by atoms with Gasteiger partial charge in [0.2, 0.25) is 11.8 Å². The predicted molar refractivity (Wildman–Crippen MR) is 133 cm³/mol. The van der Waals surface area contributed by atoms with Crippen LogP contribution in [0.4, 0.5) is 19.3 Å². The Hall–Kier alpha value is -4.31. The van der Waals surface area contributed by atoms with Crippen molar-refractivity contribution in [2.75, 3.05) is 18.0 Å². The zero-order valence-corrected chi connectivity index (χ0v) is 20.0. The van der Waals surface area contributed by atoms with E-state index in [1.165, 1.54) is 42.2 Å². The number of nitrogens with zero attached hydrogens (tertiary/aromatic N) is 1. The summed E-state index contributed by atoms with van der Waals surface area (Å²) < 4.78 is 33.3. The number of carbonyl (C=O) groups excluding carboxylic acids is 3. The number of nitrogens with two attached hydrogens (primary N) is 1. The maximum absolute atomic E-state index is 15.0. The van der Waals surface area contributed by atoms with Crippen LogP contribution >= 0.6 is 0 Å². The van der Waals surface area contributed by atoms with Crippen molar-refractivity contribution in [1.82, 2.24) is 10.6 Å². The molecule has 4 N–H and O–H groups in total. The van der Waals surface area contributed by atoms with Gasteiger partial charge < -0.3 is 21.1 Å². The Morgan fingerprint density at radius 3 is 2.41 bits per heavy atom. The Bertz CT molecular complexity index is 1300. The lowest BCUT2D eigenvalue weighted by Crippen LogP contribution is -2.33. The fourth-order valence-corrected chi connectivity index (χ4v) is 3.93. The molecule has 37 heavy (non-hydrogen) atoms. The minimum atomic E-state index is -0.930. The normalized spacial score (nSPS) is 15.7. The monoisotopic (exact) mass is 508 g/mol. The highest BCUT2D eigenvalue weighted by atomic mass is 19.1. The van der Waals surface area contributed by atoms with Crippen molar-refractivity contribution in [2.24, 2.45) is 5.73 Å². The lowest BCUT2D eigenvalue weighted by molar-refractivity contribution is -0.122. The number of halogens is 2. The molecular weight excluding hydrogens is 482 g/mol. The summed E-state index contributed by atoms with van der Waals surface area (Å²) in [4.78, 5) is 36.9. The number of benzene rings is 3. The predicted octanol–water partition coefficient (Wildman–Crippen LogP) is 3.41. The molecule has 1 unspecified atom stereocenters. The summed E-state index contributed by atoms with van der Waals surface area (Å²) >= 11 is 0. The molecule has 3 aromatic carbocycles. The van der Waals surface area contributed by atoms with Crippen LogP contribution in [0.1, 0.15) is 24.1 Å². The van der Waals surface area contributed by atoms with E-state index in [0.717, 1.165) is 5.56 Å². The molecule has 1 aliphatic rings. The van der Waals surface area contributed by atoms with Crippen molar-refractivity contribution < 1.29 is 27.9 Å². The van der Waals surface area contributed by atoms with Gasteiger partial charge in [0.25, 0.3) is 0 Å². The Morgan fingerprint density at radius 1 is 1.05 bits per heavy atom. The van der Waals surface area contributed by atoms with E-state index in [9.17, 15) is 23.2 Å². The van der Waals surface area contributed by atoms with Crippen LogP contribution < -0.4 is 21.3 Å². The van der Waals surface area contributed by atoms with Crippen molar-refractivity contribution in [3.63, 3.8) is 0 Å². The number of rotatable bonds is 8. The second-order valence-electron chi connectivity index (χ2n) is 8.66. The largest absolute Gasteiger partial charge is 0.442 e. The van der Waals surface area contributed by atoms with Crippen molar-refractivity contribution in [3.05, 3.63) is 89.5 Å². The Labute approximate surface area is 212 Å². The smallest absolute Gasteiger partial charge is 0.414 e. The number of amides is 3. The average Bonchev–Trinajstić information content (AvgIpc) is 3.26. The van der Waals surface area contributed by atoms with Crippen molar-refractivity contribution >= 4 is 23.6 Å². The highest BCUT2D eigenvalue weighted by Gasteiger charge is 2.32. The average molecular weight is 509 g/mol. The summed E-state index contributed by atoms with van der Waals surface area (Å²) in [5.41, 5.74) is 8.55. The van der Waals surface area contributed by atoms with Crippen LogP contribution in [0, 0.1) is 11.6 Å². The van der Waals surface area contributed by atoms with Crippen molar-refractivity contribution in [1.29, 1.82) is 0 Å². The quantitative estimate of drug-likeness (QED) is 0.432. The van der Waals surface area contributed by atoms with E-state index < -0.39 is 35.8 Å². The molecule has 1 saturated heterocycles. The van der Waals surface area contributed by atoms with Gasteiger partial charge in [0.05, 0.1) is 18.8 Å². The van der Waals surface area contributed by atoms with Gasteiger partial charge in [-0.3, -0.25) is 14.5 Å². The molecule has 0 bridgehead atoms. The summed E-state index contributed by atoms with van der Waals surface area (Å²) in [6, 6.07) is 15.9. The van der Waals surface area contributed by atoms with Gasteiger partial charge >= 0.3 is 6.09 Å². The molecule has 1 aliphatic heterocycles. The van der Waals surface area contributed by atoms with Gasteiger partial charge in [0, 0.05) is 19.0 Å². The first-order chi connectivity index (χ1) is 17.7. The summed E-state index contributed by atoms with van der Waals surface area (Å²) in [5, 5.41) is 5.34. The summed E-state index contributed by atoms with van der Waals surface area (Å²) in [5.74, 6) is -1.56. The maximum atomic E-state index is 15.0. The van der Waals surface area contributed by atoms with Crippen LogP contribution in [0.5, 0.6) is 0 Å². The third kappa shape index (κ3) is 6.28. The van der Waals surface area contributed by atoms with Gasteiger partial charge in [-0.05, 0) is 47.0 Å². The summed E-state index contributed by atoms with van der Waals surface area (Å²) in [6.07, 6.45) is -1.12. The van der Waals surface area contributed by atoms with E-state index in [0.29, 0.717) is 22.4 Å². The van der Waals surface area contributed by atoms with Gasteiger partial charge in [-0.1, -0.05) is 36.4 Å². The standard InChI is InChI=1S/C27H26F2N4O4/c1-16(34)31-14-22-15-33(27(36)37-22)21-10-11-23(24(29)12-21)18-4-2-17(3-5-18)13-32-26(35)25(30)19-6-8-20(28)9-7-19/h2-12,22,25H,13-15,30H2,1H3,(H,31,34)(H,32,35)/t22?,25-/m1/s1. The van der Waals surface area contributed by atoms with Crippen LogP contribution in [0.2, 0.25) is 0 Å². The topological polar surface area (TPSA) is 114 Å². The molecule has 2 atom stereocenters. The SMILES string of the molecule is CC(=O)NCC1CN(c2ccc(-c3ccc(CNC(=O)[C@H](N)c4ccc(F)cc4)cc3)c(F)c2)C(=O)O1. The molecule has 0 spiro atoms. The zero-order valence-electron chi connectivity index (χ0n) is 20.0. The van der Waals surface area contributed by atoms with Gasteiger partial charge in [-0.2, -0.15) is 0 Å². The second kappa shape index (κ2) is 11.2. The lowest BCUT2D eigenvalue weighted by atomic mass is 10.0. The summed E-state index contributed by atoms with van der Waals surface area (Å²) in [6.45, 7) is 1.97. The van der Waals surface area contributed by atoms with Crippen LogP contribution in [0.15, 0.2) is 66.7 Å². The molecule has 3 amide bonds. The Kier molecular flexibility index (Phi) is 7.78. The zero-order chi connectivity index (χ0) is 26.5. The molecule has 3 aromatic rings. The van der Waals surface area contributed by atoms with Crippen LogP contribution in [0.25, 0.3) is 11.1 Å². The third-order valence-corrected chi connectivity index (χ3v) is 5.96. The van der Waals surface area contributed by atoms with E-state index in [2.05, 4.69) is 10.6 Å². The van der Waals surface area contributed by atoms with Crippen LogP contribution in [-0.4, -0.2) is 37.1 Å². The first-order valence-electron chi connectivity index (χ1n) is 11.6. The number of carbonyl (C=O) groups is 3. The fourth-order valence-electron chi connectivity index (χ4n) is 3.93. The number of cyclic esters (lactones) is 1. The highest BCUT2D eigenvalue weighted by Crippen LogP contribution is 2.29. The van der Waals surface area contributed by atoms with Crippen molar-refractivity contribution in [2.45, 2.75) is 25.6 Å². The van der Waals surface area contributed by atoms with E-state index in [1.54, 1.807) is 36.4 Å². The number of anilines is 1. The first-order valence-corrected chi connectivity index (χ1v) is 11.6.